The summed E-state index contributed by atoms with van der Waals surface area (Å²) in [6.45, 7) is -0.329. The molecular weight excluding hydrogens is 480 g/mol. The lowest BCUT2D eigenvalue weighted by Crippen LogP contribution is -2.66. The average molecular weight is 516 g/mol. The van der Waals surface area contributed by atoms with Crippen LogP contribution in [0.1, 0.15) is 6.92 Å². The van der Waals surface area contributed by atoms with E-state index in [1.807, 2.05) is 0 Å². The molecule has 206 valence electrons. The summed E-state index contributed by atoms with van der Waals surface area (Å²) in [5, 5.41) is 91.4. The van der Waals surface area contributed by atoms with Crippen LogP contribution in [0.15, 0.2) is 0 Å². The van der Waals surface area contributed by atoms with Crippen molar-refractivity contribution in [2.75, 3.05) is 26.9 Å². The monoisotopic (exact) mass is 516 g/mol. The van der Waals surface area contributed by atoms with E-state index in [0.717, 1.165) is 0 Å². The summed E-state index contributed by atoms with van der Waals surface area (Å²) in [5.41, 5.74) is 0. The van der Waals surface area contributed by atoms with Gasteiger partial charge in [-0.25, -0.2) is 0 Å². The van der Waals surface area contributed by atoms with Crippen molar-refractivity contribution in [1.82, 2.24) is 0 Å². The molecule has 15 atom stereocenters. The number of rotatable bonds is 8. The van der Waals surface area contributed by atoms with E-state index in [-0.39, 0.29) is 0 Å². The molecule has 3 heterocycles. The molecule has 3 rings (SSSR count). The maximum Gasteiger partial charge on any atom is 0.187 e. The van der Waals surface area contributed by atoms with Crippen LogP contribution in [0.5, 0.6) is 0 Å². The molecule has 0 aromatic heterocycles. The summed E-state index contributed by atoms with van der Waals surface area (Å²) < 4.78 is 32.4. The van der Waals surface area contributed by atoms with Gasteiger partial charge in [0, 0.05) is 13.0 Å². The molecule has 35 heavy (non-hydrogen) atoms. The van der Waals surface area contributed by atoms with Crippen molar-refractivity contribution in [3.05, 3.63) is 0 Å². The fraction of sp³-hybridized carbons (Fsp3) is 1.00. The van der Waals surface area contributed by atoms with Crippen molar-refractivity contribution in [3.8, 4) is 0 Å². The first-order valence-corrected chi connectivity index (χ1v) is 11.3. The highest BCUT2D eigenvalue weighted by atomic mass is 16.8. The number of aliphatic hydroxyl groups excluding tert-OH is 9. The van der Waals surface area contributed by atoms with Gasteiger partial charge < -0.3 is 74.4 Å². The summed E-state index contributed by atoms with van der Waals surface area (Å²) >= 11 is 0. The van der Waals surface area contributed by atoms with Crippen LogP contribution in [-0.2, 0) is 28.4 Å². The van der Waals surface area contributed by atoms with Gasteiger partial charge in [-0.1, -0.05) is 6.92 Å². The molecule has 0 aromatic rings. The van der Waals surface area contributed by atoms with Gasteiger partial charge in [-0.3, -0.25) is 0 Å². The normalized spacial score (nSPS) is 51.3. The zero-order valence-corrected chi connectivity index (χ0v) is 19.3. The number of ether oxygens (including phenoxy) is 6. The first-order chi connectivity index (χ1) is 16.6. The first kappa shape index (κ1) is 29.0. The molecule has 0 bridgehead atoms. The lowest BCUT2D eigenvalue weighted by molar-refractivity contribution is -0.377. The number of hydrogen-bond donors (Lipinski definition) is 9. The Morgan fingerprint density at radius 3 is 1.34 bits per heavy atom. The van der Waals surface area contributed by atoms with Crippen LogP contribution in [-0.4, -0.2) is 159 Å². The van der Waals surface area contributed by atoms with Gasteiger partial charge in [0.05, 0.1) is 32.0 Å². The second-order valence-corrected chi connectivity index (χ2v) is 8.92. The lowest BCUT2D eigenvalue weighted by atomic mass is 9.91. The van der Waals surface area contributed by atoms with Crippen LogP contribution in [0.2, 0.25) is 0 Å². The Balaban J connectivity index is 1.72. The highest BCUT2D eigenvalue weighted by Crippen LogP contribution is 2.33. The minimum absolute atomic E-state index is 0.482. The largest absolute Gasteiger partial charge is 0.394 e. The van der Waals surface area contributed by atoms with Crippen molar-refractivity contribution in [2.24, 2.45) is 5.92 Å². The molecule has 0 spiro atoms. The Morgan fingerprint density at radius 2 is 0.914 bits per heavy atom. The Morgan fingerprint density at radius 1 is 0.543 bits per heavy atom. The van der Waals surface area contributed by atoms with Gasteiger partial charge in [0.15, 0.2) is 18.9 Å². The minimum Gasteiger partial charge on any atom is -0.394 e. The maximum atomic E-state index is 10.7. The first-order valence-electron chi connectivity index (χ1n) is 11.3. The number of methoxy groups -OCH3 is 1. The molecule has 0 aliphatic carbocycles. The quantitative estimate of drug-likeness (QED) is 0.146. The van der Waals surface area contributed by atoms with Gasteiger partial charge in [-0.05, 0) is 0 Å². The third-order valence-electron chi connectivity index (χ3n) is 6.70. The summed E-state index contributed by atoms with van der Waals surface area (Å²) in [5.74, 6) is -0.629. The van der Waals surface area contributed by atoms with Gasteiger partial charge in [-0.15, -0.1) is 0 Å². The van der Waals surface area contributed by atoms with Gasteiger partial charge in [0.2, 0.25) is 0 Å². The molecular formula is C20H36O15. The second kappa shape index (κ2) is 12.3. The molecule has 3 fully saturated rings. The van der Waals surface area contributed by atoms with Gasteiger partial charge >= 0.3 is 0 Å². The molecule has 3 saturated heterocycles. The smallest absolute Gasteiger partial charge is 0.187 e. The number of aliphatic hydroxyl groups is 9. The fourth-order valence-electron chi connectivity index (χ4n) is 4.45. The molecule has 15 heteroatoms. The summed E-state index contributed by atoms with van der Waals surface area (Å²) in [6.07, 6.45) is -20.5. The SMILES string of the molecule is CO[C@@H]1O[C@@H](CO)[C@@H](O[C@@H]2OC(CO)[C@@H](O[C@@H]3O[C@@H](CO)[C@@H](C)C(O)C3O)C(O)[C@@H]2O)C(O)C1O. The van der Waals surface area contributed by atoms with E-state index in [4.69, 9.17) is 28.4 Å². The van der Waals surface area contributed by atoms with E-state index in [1.54, 1.807) is 6.92 Å². The molecule has 0 radical (unpaired) electrons. The van der Waals surface area contributed by atoms with E-state index in [2.05, 4.69) is 0 Å². The van der Waals surface area contributed by atoms with Crippen molar-refractivity contribution in [1.29, 1.82) is 0 Å². The standard InChI is InChI=1S/C20H36O15/c1-6-7(3-21)31-19(13(27)10(6)24)34-17-9(5-23)33-20(15(29)12(17)26)35-16-8(4-22)32-18(30-2)14(28)11(16)25/h6-29H,3-5H2,1-2H3/t6-,7+,8+,9?,10?,11?,12?,13?,14?,15+,16-,17-,18-,19+,20+/m1/s1. The molecule has 0 saturated carbocycles. The van der Waals surface area contributed by atoms with E-state index < -0.39 is 112 Å². The average Bonchev–Trinajstić information content (AvgIpc) is 2.86. The predicted octanol–water partition coefficient (Wildman–Crippen LogP) is -5.64. The third kappa shape index (κ3) is 5.79. The summed E-state index contributed by atoms with van der Waals surface area (Å²) in [4.78, 5) is 0. The Labute approximate surface area is 200 Å². The molecule has 6 unspecified atom stereocenters. The van der Waals surface area contributed by atoms with Crippen LogP contribution in [0.4, 0.5) is 0 Å². The van der Waals surface area contributed by atoms with Crippen molar-refractivity contribution >= 4 is 0 Å². The van der Waals surface area contributed by atoms with E-state index in [9.17, 15) is 46.0 Å². The molecule has 3 aliphatic rings. The van der Waals surface area contributed by atoms with Crippen LogP contribution in [0.3, 0.4) is 0 Å². The fourth-order valence-corrected chi connectivity index (χ4v) is 4.45. The molecule has 3 aliphatic heterocycles. The topological polar surface area (TPSA) is 237 Å². The van der Waals surface area contributed by atoms with E-state index in [0.29, 0.717) is 0 Å². The minimum atomic E-state index is -1.83. The van der Waals surface area contributed by atoms with Gasteiger partial charge in [-0.2, -0.15) is 0 Å². The maximum absolute atomic E-state index is 10.7. The van der Waals surface area contributed by atoms with Crippen molar-refractivity contribution < 1.29 is 74.4 Å². The zero-order valence-electron chi connectivity index (χ0n) is 19.3. The second-order valence-electron chi connectivity index (χ2n) is 8.92. The molecule has 15 nitrogen and oxygen atoms in total. The van der Waals surface area contributed by atoms with E-state index >= 15 is 0 Å². The van der Waals surface area contributed by atoms with Gasteiger partial charge in [0.1, 0.15) is 54.9 Å². The predicted molar refractivity (Wildman–Crippen MR) is 109 cm³/mol. The van der Waals surface area contributed by atoms with Crippen LogP contribution < -0.4 is 0 Å². The Hall–Kier alpha value is -0.600. The number of hydrogen-bond acceptors (Lipinski definition) is 15. The molecule has 0 amide bonds. The van der Waals surface area contributed by atoms with Gasteiger partial charge in [0.25, 0.3) is 0 Å². The van der Waals surface area contributed by atoms with Crippen LogP contribution >= 0.6 is 0 Å². The van der Waals surface area contributed by atoms with Crippen molar-refractivity contribution in [3.63, 3.8) is 0 Å². The van der Waals surface area contributed by atoms with Crippen LogP contribution in [0, 0.1) is 5.92 Å². The molecule has 0 aromatic carbocycles. The highest BCUT2D eigenvalue weighted by Gasteiger charge is 2.53. The van der Waals surface area contributed by atoms with E-state index in [1.165, 1.54) is 7.11 Å². The molecule has 9 N–H and O–H groups in total. The zero-order chi connectivity index (χ0) is 26.0. The Bertz CT molecular complexity index is 650. The summed E-state index contributed by atoms with van der Waals surface area (Å²) in [6, 6.07) is 0. The Kier molecular flexibility index (Phi) is 10.2. The highest BCUT2D eigenvalue weighted by molar-refractivity contribution is 4.96. The van der Waals surface area contributed by atoms with Crippen LogP contribution in [0.25, 0.3) is 0 Å². The van der Waals surface area contributed by atoms with Crippen molar-refractivity contribution in [2.45, 2.75) is 92.9 Å². The third-order valence-corrected chi connectivity index (χ3v) is 6.70. The summed E-state index contributed by atoms with van der Waals surface area (Å²) in [7, 11) is 1.22. The lowest BCUT2D eigenvalue weighted by Gasteiger charge is -2.48.